The summed E-state index contributed by atoms with van der Waals surface area (Å²) in [5.41, 5.74) is -0.316. The van der Waals surface area contributed by atoms with Crippen LogP contribution in [0.4, 0.5) is 13.2 Å². The summed E-state index contributed by atoms with van der Waals surface area (Å²) >= 11 is 0. The van der Waals surface area contributed by atoms with Crippen molar-refractivity contribution in [1.82, 2.24) is 0 Å². The molecule has 0 rings (SSSR count). The summed E-state index contributed by atoms with van der Waals surface area (Å²) < 4.78 is 54.3. The van der Waals surface area contributed by atoms with Crippen LogP contribution in [0.1, 0.15) is 48.0 Å². The van der Waals surface area contributed by atoms with Crippen LogP contribution in [0.3, 0.4) is 0 Å². The van der Waals surface area contributed by atoms with Gasteiger partial charge in [-0.2, -0.15) is 13.2 Å². The van der Waals surface area contributed by atoms with Gasteiger partial charge in [0.1, 0.15) is 6.61 Å². The smallest absolute Gasteiger partial charge is 0.369 e. The second-order valence-electron chi connectivity index (χ2n) is 8.39. The first-order valence-electron chi connectivity index (χ1n) is 7.39. The molecule has 0 spiro atoms. The fraction of sp³-hybridized carbons (Fsp3) is 1.00. The highest BCUT2D eigenvalue weighted by atomic mass is 28.4. The van der Waals surface area contributed by atoms with Crippen LogP contribution in [-0.2, 0) is 13.9 Å². The molecule has 0 bridgehead atoms. The zero-order valence-corrected chi connectivity index (χ0v) is 16.3. The topological polar surface area (TPSA) is 27.7 Å². The van der Waals surface area contributed by atoms with Crippen LogP contribution in [0.2, 0.25) is 18.1 Å². The van der Waals surface area contributed by atoms with E-state index in [1.54, 1.807) is 0 Å². The first kappa shape index (κ1) is 21.9. The van der Waals surface area contributed by atoms with Crippen molar-refractivity contribution in [2.45, 2.75) is 78.2 Å². The van der Waals surface area contributed by atoms with Gasteiger partial charge >= 0.3 is 6.18 Å². The normalized spacial score (nSPS) is 17.5. The zero-order chi connectivity index (χ0) is 18.0. The van der Waals surface area contributed by atoms with E-state index in [1.165, 1.54) is 7.11 Å². The van der Waals surface area contributed by atoms with Crippen LogP contribution < -0.4 is 0 Å². The van der Waals surface area contributed by atoms with Crippen molar-refractivity contribution < 1.29 is 27.1 Å². The molecular formula is C15H31F3O3Si. The molecule has 0 aliphatic rings. The number of halogens is 3. The summed E-state index contributed by atoms with van der Waals surface area (Å²) in [6.45, 7) is 14.3. The molecule has 1 atom stereocenters. The van der Waals surface area contributed by atoms with E-state index < -0.39 is 27.1 Å². The molecule has 0 aromatic heterocycles. The van der Waals surface area contributed by atoms with Gasteiger partial charge in [-0.05, 0) is 23.5 Å². The van der Waals surface area contributed by atoms with Crippen LogP contribution in [-0.4, -0.2) is 34.2 Å². The number of methoxy groups -OCH3 is 1. The molecule has 0 saturated carbocycles. The Bertz CT molecular complexity index is 357. The van der Waals surface area contributed by atoms with Crippen molar-refractivity contribution in [3.63, 3.8) is 0 Å². The summed E-state index contributed by atoms with van der Waals surface area (Å²) in [6, 6.07) is 0. The van der Waals surface area contributed by atoms with Gasteiger partial charge in [-0.3, -0.25) is 0 Å². The van der Waals surface area contributed by atoms with E-state index in [0.29, 0.717) is 0 Å². The highest BCUT2D eigenvalue weighted by Crippen LogP contribution is 2.43. The minimum Gasteiger partial charge on any atom is -0.369 e. The standard InChI is InChI=1S/C15H31F3O3Si/c1-12(2,3)10-15(19-7,20-11-14(16,17)18)21-22(8,9)13(4,5)6/h10-11H2,1-9H3. The van der Waals surface area contributed by atoms with Crippen molar-refractivity contribution in [3.8, 4) is 0 Å². The summed E-state index contributed by atoms with van der Waals surface area (Å²) in [5, 5.41) is -0.170. The van der Waals surface area contributed by atoms with Crippen molar-refractivity contribution in [2.75, 3.05) is 13.7 Å². The summed E-state index contributed by atoms with van der Waals surface area (Å²) in [5.74, 6) is -1.68. The van der Waals surface area contributed by atoms with Gasteiger partial charge < -0.3 is 13.9 Å². The average Bonchev–Trinajstić information content (AvgIpc) is 2.20. The van der Waals surface area contributed by atoms with Gasteiger partial charge in [0, 0.05) is 13.5 Å². The van der Waals surface area contributed by atoms with Crippen molar-refractivity contribution >= 4 is 8.32 Å². The lowest BCUT2D eigenvalue weighted by molar-refractivity contribution is -0.372. The molecule has 0 amide bonds. The Morgan fingerprint density at radius 3 is 1.64 bits per heavy atom. The molecule has 134 valence electrons. The van der Waals surface area contributed by atoms with Gasteiger partial charge in [0.2, 0.25) is 0 Å². The third-order valence-corrected chi connectivity index (χ3v) is 8.16. The molecule has 7 heteroatoms. The maximum Gasteiger partial charge on any atom is 0.412 e. The molecule has 0 radical (unpaired) electrons. The highest BCUT2D eigenvalue weighted by Gasteiger charge is 2.49. The van der Waals surface area contributed by atoms with Crippen molar-refractivity contribution in [3.05, 3.63) is 0 Å². The van der Waals surface area contributed by atoms with Crippen LogP contribution in [0, 0.1) is 5.41 Å². The molecule has 22 heavy (non-hydrogen) atoms. The lowest BCUT2D eigenvalue weighted by Gasteiger charge is -2.46. The van der Waals surface area contributed by atoms with Crippen molar-refractivity contribution in [2.24, 2.45) is 5.41 Å². The lowest BCUT2D eigenvalue weighted by atomic mass is 9.91. The predicted octanol–water partition coefficient (Wildman–Crippen LogP) is 5.32. The van der Waals surface area contributed by atoms with Crippen LogP contribution in [0.5, 0.6) is 0 Å². The predicted molar refractivity (Wildman–Crippen MR) is 84.1 cm³/mol. The van der Waals surface area contributed by atoms with E-state index in [0.717, 1.165) is 0 Å². The molecule has 0 aromatic rings. The maximum absolute atomic E-state index is 12.6. The van der Waals surface area contributed by atoms with Crippen LogP contribution >= 0.6 is 0 Å². The largest absolute Gasteiger partial charge is 0.412 e. The van der Waals surface area contributed by atoms with Crippen molar-refractivity contribution in [1.29, 1.82) is 0 Å². The number of hydrogen-bond donors (Lipinski definition) is 0. The molecule has 3 nitrogen and oxygen atoms in total. The number of alkyl halides is 3. The number of hydrogen-bond acceptors (Lipinski definition) is 3. The SMILES string of the molecule is COC(CC(C)(C)C)(OCC(F)(F)F)O[Si](C)(C)C(C)(C)C. The van der Waals surface area contributed by atoms with E-state index in [9.17, 15) is 13.2 Å². The second-order valence-corrected chi connectivity index (χ2v) is 13.1. The van der Waals surface area contributed by atoms with E-state index in [4.69, 9.17) is 13.9 Å². The zero-order valence-electron chi connectivity index (χ0n) is 15.3. The first-order chi connectivity index (χ1) is 9.43. The summed E-state index contributed by atoms with van der Waals surface area (Å²) in [7, 11) is -1.05. The van der Waals surface area contributed by atoms with Crippen LogP contribution in [0.15, 0.2) is 0 Å². The molecule has 0 N–H and O–H groups in total. The first-order valence-corrected chi connectivity index (χ1v) is 10.3. The van der Waals surface area contributed by atoms with Gasteiger partial charge in [0.15, 0.2) is 8.32 Å². The Kier molecular flexibility index (Phi) is 6.75. The second kappa shape index (κ2) is 6.79. The van der Waals surface area contributed by atoms with Gasteiger partial charge in [-0.15, -0.1) is 0 Å². The average molecular weight is 344 g/mol. The molecule has 0 aliphatic heterocycles. The van der Waals surface area contributed by atoms with Gasteiger partial charge in [-0.1, -0.05) is 41.5 Å². The Morgan fingerprint density at radius 2 is 1.36 bits per heavy atom. The Balaban J connectivity index is 5.48. The van der Waals surface area contributed by atoms with Gasteiger partial charge in [0.05, 0.1) is 0 Å². The Hall–Kier alpha value is -0.113. The fourth-order valence-corrected chi connectivity index (χ4v) is 2.97. The summed E-state index contributed by atoms with van der Waals surface area (Å²) in [6.07, 6.45) is -4.22. The minimum absolute atomic E-state index is 0.170. The third kappa shape index (κ3) is 7.44. The Labute approximate surface area is 133 Å². The number of ether oxygens (including phenoxy) is 2. The Morgan fingerprint density at radius 1 is 0.909 bits per heavy atom. The van der Waals surface area contributed by atoms with E-state index in [1.807, 2.05) is 54.6 Å². The van der Waals surface area contributed by atoms with Gasteiger partial charge in [-0.25, -0.2) is 0 Å². The molecular weight excluding hydrogens is 313 g/mol. The molecule has 0 saturated heterocycles. The van der Waals surface area contributed by atoms with Crippen LogP contribution in [0.25, 0.3) is 0 Å². The summed E-state index contributed by atoms with van der Waals surface area (Å²) in [4.78, 5) is 0. The molecule has 1 unspecified atom stereocenters. The van der Waals surface area contributed by atoms with Gasteiger partial charge in [0.25, 0.3) is 5.97 Å². The van der Waals surface area contributed by atoms with E-state index in [-0.39, 0.29) is 16.9 Å². The lowest BCUT2D eigenvalue weighted by Crippen LogP contribution is -2.54. The molecule has 0 fully saturated rings. The highest BCUT2D eigenvalue weighted by molar-refractivity contribution is 6.74. The third-order valence-electron chi connectivity index (χ3n) is 3.73. The number of rotatable bonds is 6. The maximum atomic E-state index is 12.6. The molecule has 0 heterocycles. The van der Waals surface area contributed by atoms with E-state index >= 15 is 0 Å². The molecule has 0 aromatic carbocycles. The monoisotopic (exact) mass is 344 g/mol. The fourth-order valence-electron chi connectivity index (χ4n) is 1.67. The minimum atomic E-state index is -4.43. The quantitative estimate of drug-likeness (QED) is 0.482. The van der Waals surface area contributed by atoms with E-state index in [2.05, 4.69) is 0 Å². The molecule has 0 aliphatic carbocycles.